The lowest BCUT2D eigenvalue weighted by Gasteiger charge is -2.35. The SMILES string of the molecule is Cc1ncsc1-c1ccc(CNC(=O)[C@@H]2CCCN2C(=O)[C@@H](NC(=O)Cc2ccc(-c3ccn(CCOc4ccc(Oc5c(-c6ccc(F)cc6)sc6cc(O)ccc56)cc4)n3)cc2)C(C)(C)C)cc1. The highest BCUT2D eigenvalue weighted by Gasteiger charge is 2.41. The Morgan fingerprint density at radius 1 is 0.857 bits per heavy atom. The van der Waals surface area contributed by atoms with Gasteiger partial charge in [-0.2, -0.15) is 5.10 Å². The van der Waals surface area contributed by atoms with Crippen LogP contribution in [0, 0.1) is 18.2 Å². The Kier molecular flexibility index (Phi) is 14.1. The number of halogens is 1. The van der Waals surface area contributed by atoms with Crippen molar-refractivity contribution in [2.75, 3.05) is 13.2 Å². The number of aromatic hydroxyl groups is 1. The van der Waals surface area contributed by atoms with Crippen LogP contribution in [0.3, 0.4) is 0 Å². The number of carbonyl (C=O) groups excluding carboxylic acids is 3. The number of ether oxygens (including phenoxy) is 2. The molecule has 3 N–H and O–H groups in total. The van der Waals surface area contributed by atoms with Gasteiger partial charge in [0.1, 0.15) is 41.8 Å². The van der Waals surface area contributed by atoms with Crippen LogP contribution in [0.4, 0.5) is 4.39 Å². The molecule has 0 radical (unpaired) electrons. The van der Waals surface area contributed by atoms with Crippen LogP contribution >= 0.6 is 22.7 Å². The Hall–Kier alpha value is -7.36. The third-order valence-corrected chi connectivity index (χ3v) is 14.5. The van der Waals surface area contributed by atoms with Crippen LogP contribution in [0.15, 0.2) is 133 Å². The molecule has 4 heterocycles. The smallest absolute Gasteiger partial charge is 0.246 e. The van der Waals surface area contributed by atoms with Crippen LogP contribution in [-0.4, -0.2) is 67.7 Å². The summed E-state index contributed by atoms with van der Waals surface area (Å²) in [6.45, 7) is 9.41. The van der Waals surface area contributed by atoms with Crippen molar-refractivity contribution < 1.29 is 33.4 Å². The van der Waals surface area contributed by atoms with Crippen molar-refractivity contribution in [2.24, 2.45) is 5.41 Å². The maximum Gasteiger partial charge on any atom is 0.246 e. The number of aromatic nitrogens is 3. The number of thiazole rings is 1. The topological polar surface area (TPSA) is 148 Å². The Labute approximate surface area is 413 Å². The maximum absolute atomic E-state index is 14.1. The number of nitrogens with one attached hydrogen (secondary N) is 2. The van der Waals surface area contributed by atoms with E-state index >= 15 is 0 Å². The molecule has 0 spiro atoms. The van der Waals surface area contributed by atoms with E-state index < -0.39 is 17.5 Å². The summed E-state index contributed by atoms with van der Waals surface area (Å²) in [6, 6.07) is 34.9. The predicted octanol–water partition coefficient (Wildman–Crippen LogP) is 11.0. The molecule has 1 fully saturated rings. The largest absolute Gasteiger partial charge is 0.508 e. The molecule has 0 unspecified atom stereocenters. The molecule has 8 aromatic rings. The Morgan fingerprint density at radius 2 is 1.54 bits per heavy atom. The van der Waals surface area contributed by atoms with Crippen LogP contribution in [0.5, 0.6) is 23.0 Å². The molecule has 1 saturated heterocycles. The van der Waals surface area contributed by atoms with E-state index in [4.69, 9.17) is 14.6 Å². The molecule has 9 rings (SSSR count). The number of hydrogen-bond donors (Lipinski definition) is 3. The Balaban J connectivity index is 0.750. The number of thiophene rings is 1. The van der Waals surface area contributed by atoms with E-state index in [-0.39, 0.29) is 35.7 Å². The van der Waals surface area contributed by atoms with Crippen LogP contribution < -0.4 is 20.1 Å². The summed E-state index contributed by atoms with van der Waals surface area (Å²) in [5.74, 6) is 0.985. The average molecular weight is 977 g/mol. The first-order valence-corrected chi connectivity index (χ1v) is 24.9. The first-order chi connectivity index (χ1) is 33.7. The molecule has 15 heteroatoms. The number of carbonyl (C=O) groups is 3. The minimum absolute atomic E-state index is 0.0810. The predicted molar refractivity (Wildman–Crippen MR) is 273 cm³/mol. The number of rotatable bonds is 16. The highest BCUT2D eigenvalue weighted by atomic mass is 32.1. The van der Waals surface area contributed by atoms with Gasteiger partial charge in [-0.05, 0) is 108 Å². The van der Waals surface area contributed by atoms with Crippen molar-refractivity contribution in [1.82, 2.24) is 30.3 Å². The van der Waals surface area contributed by atoms with Crippen LogP contribution in [0.2, 0.25) is 0 Å². The molecule has 358 valence electrons. The molecule has 3 aromatic heterocycles. The van der Waals surface area contributed by atoms with Gasteiger partial charge in [-0.1, -0.05) is 81.4 Å². The molecule has 1 aliphatic rings. The number of fused-ring (bicyclic) bond motifs is 1. The van der Waals surface area contributed by atoms with E-state index in [0.717, 1.165) is 59.0 Å². The fourth-order valence-electron chi connectivity index (χ4n) is 8.54. The van der Waals surface area contributed by atoms with Crippen LogP contribution in [0.25, 0.3) is 42.2 Å². The lowest BCUT2D eigenvalue weighted by molar-refractivity contribution is -0.143. The number of amides is 3. The number of phenolic OH excluding ortho intramolecular Hbond substituents is 1. The Morgan fingerprint density at radius 3 is 2.26 bits per heavy atom. The van der Waals surface area contributed by atoms with Crippen molar-refractivity contribution in [1.29, 1.82) is 0 Å². The third kappa shape index (κ3) is 11.1. The first-order valence-electron chi connectivity index (χ1n) is 23.2. The van der Waals surface area contributed by atoms with Crippen molar-refractivity contribution in [3.8, 4) is 55.1 Å². The summed E-state index contributed by atoms with van der Waals surface area (Å²) < 4.78 is 28.8. The van der Waals surface area contributed by atoms with Crippen molar-refractivity contribution in [3.63, 3.8) is 0 Å². The van der Waals surface area contributed by atoms with Gasteiger partial charge in [-0.3, -0.25) is 19.1 Å². The highest BCUT2D eigenvalue weighted by molar-refractivity contribution is 7.22. The minimum Gasteiger partial charge on any atom is -0.508 e. The van der Waals surface area contributed by atoms with Gasteiger partial charge in [0.2, 0.25) is 17.7 Å². The van der Waals surface area contributed by atoms with Gasteiger partial charge in [0, 0.05) is 34.9 Å². The van der Waals surface area contributed by atoms with E-state index in [2.05, 4.69) is 15.6 Å². The molecule has 0 bridgehead atoms. The zero-order valence-electron chi connectivity index (χ0n) is 39.3. The van der Waals surface area contributed by atoms with E-state index in [1.54, 1.807) is 40.5 Å². The van der Waals surface area contributed by atoms with Crippen molar-refractivity contribution in [2.45, 2.75) is 72.1 Å². The molecule has 3 amide bonds. The number of aryl methyl sites for hydroxylation is 1. The second-order valence-electron chi connectivity index (χ2n) is 18.4. The molecule has 2 atom stereocenters. The molecule has 0 saturated carbocycles. The van der Waals surface area contributed by atoms with Crippen molar-refractivity contribution in [3.05, 3.63) is 156 Å². The standard InChI is InChI=1S/C55H53FN6O6S2/c1-34-50(69-33-58-34)38-13-9-36(10-14-38)32-57-53(65)46-6-5-26-62(46)54(66)52(55(2,3)4)59-48(64)30-35-7-11-37(12-8-35)45-25-27-61(60-45)28-29-67-42-20-22-43(23-21-42)68-49-44-24-19-41(63)31-47(44)70-51(49)39-15-17-40(56)18-16-39/h7-25,27,31,33,46,52,63H,5-6,26,28-30,32H2,1-4H3,(H,57,65)(H,59,64)/t46-,52+/m0/s1. The fourth-order valence-corrected chi connectivity index (χ4v) is 10.5. The van der Waals surface area contributed by atoms with E-state index in [1.165, 1.54) is 23.5 Å². The second kappa shape index (κ2) is 20.7. The molecule has 0 aliphatic carbocycles. The number of hydrogen-bond acceptors (Lipinski definition) is 10. The normalized spacial score (nSPS) is 14.1. The monoisotopic (exact) mass is 976 g/mol. The summed E-state index contributed by atoms with van der Waals surface area (Å²) in [4.78, 5) is 49.1. The van der Waals surface area contributed by atoms with Crippen LogP contribution in [-0.2, 0) is 33.9 Å². The van der Waals surface area contributed by atoms with Crippen molar-refractivity contribution >= 4 is 50.5 Å². The van der Waals surface area contributed by atoms with Gasteiger partial charge < -0.3 is 30.1 Å². The van der Waals surface area contributed by atoms with E-state index in [0.29, 0.717) is 56.3 Å². The lowest BCUT2D eigenvalue weighted by atomic mass is 9.85. The molecule has 12 nitrogen and oxygen atoms in total. The second-order valence-corrected chi connectivity index (χ2v) is 20.4. The average Bonchev–Trinajstić information content (AvgIpc) is 4.19. The van der Waals surface area contributed by atoms with Crippen LogP contribution in [0.1, 0.15) is 50.4 Å². The van der Waals surface area contributed by atoms with Gasteiger partial charge in [0.15, 0.2) is 5.75 Å². The molecule has 1 aliphatic heterocycles. The summed E-state index contributed by atoms with van der Waals surface area (Å²) in [7, 11) is 0. The zero-order chi connectivity index (χ0) is 48.9. The zero-order valence-corrected chi connectivity index (χ0v) is 40.9. The Bertz CT molecular complexity index is 3120. The van der Waals surface area contributed by atoms with Gasteiger partial charge in [0.25, 0.3) is 0 Å². The number of nitrogens with zero attached hydrogens (tertiary/aromatic N) is 4. The molecular formula is C55H53FN6O6S2. The quantitative estimate of drug-likeness (QED) is 0.0867. The van der Waals surface area contributed by atoms with Gasteiger partial charge in [-0.15, -0.1) is 22.7 Å². The van der Waals surface area contributed by atoms with E-state index in [1.807, 2.05) is 129 Å². The summed E-state index contributed by atoms with van der Waals surface area (Å²) >= 11 is 3.06. The van der Waals surface area contributed by atoms with E-state index in [9.17, 15) is 23.9 Å². The highest BCUT2D eigenvalue weighted by Crippen LogP contribution is 2.47. The first kappa shape index (κ1) is 47.7. The summed E-state index contributed by atoms with van der Waals surface area (Å²) in [5.41, 5.74) is 7.53. The fraction of sp³-hybridized carbons (Fsp3) is 0.255. The summed E-state index contributed by atoms with van der Waals surface area (Å²) in [5, 5.41) is 21.7. The number of likely N-dealkylation sites (tertiary alicyclic amines) is 1. The molecular weight excluding hydrogens is 924 g/mol. The number of benzene rings is 5. The maximum atomic E-state index is 14.1. The minimum atomic E-state index is -0.824. The molecule has 5 aromatic carbocycles. The van der Waals surface area contributed by atoms with Gasteiger partial charge in [0.05, 0.1) is 39.6 Å². The van der Waals surface area contributed by atoms with Gasteiger partial charge >= 0.3 is 0 Å². The third-order valence-electron chi connectivity index (χ3n) is 12.3. The molecule has 70 heavy (non-hydrogen) atoms. The summed E-state index contributed by atoms with van der Waals surface area (Å²) in [6.07, 6.45) is 3.23. The van der Waals surface area contributed by atoms with Gasteiger partial charge in [-0.25, -0.2) is 9.37 Å². The number of phenols is 1. The lowest BCUT2D eigenvalue weighted by Crippen LogP contribution is -2.57.